The predicted octanol–water partition coefficient (Wildman–Crippen LogP) is 8.45. The molecular formula is C33H39FN4OS. The molecule has 1 N–H and O–H groups in total. The Labute approximate surface area is 242 Å². The largest absolute Gasteiger partial charge is 0.337 e. The predicted molar refractivity (Wildman–Crippen MR) is 165 cm³/mol. The van der Waals surface area contributed by atoms with E-state index in [1.807, 2.05) is 60.8 Å². The molecule has 40 heavy (non-hydrogen) atoms. The summed E-state index contributed by atoms with van der Waals surface area (Å²) < 4.78 is 19.0. The first-order valence-corrected chi connectivity index (χ1v) is 15.0. The normalized spacial score (nSPS) is 14.9. The van der Waals surface area contributed by atoms with Gasteiger partial charge in [0.25, 0.3) is 0 Å². The van der Waals surface area contributed by atoms with E-state index < -0.39 is 0 Å². The minimum absolute atomic E-state index is 0.0715. The number of nitrogens with one attached hydrogen (secondary N) is 1. The second-order valence-electron chi connectivity index (χ2n) is 9.94. The van der Waals surface area contributed by atoms with Gasteiger partial charge in [-0.15, -0.1) is 0 Å². The fourth-order valence-corrected chi connectivity index (χ4v) is 6.05. The van der Waals surface area contributed by atoms with Gasteiger partial charge in [0.1, 0.15) is 11.6 Å². The summed E-state index contributed by atoms with van der Waals surface area (Å²) in [5.74, 6) is 0.753. The van der Waals surface area contributed by atoms with E-state index in [1.165, 1.54) is 23.3 Å². The third-order valence-electron chi connectivity index (χ3n) is 7.22. The number of carbonyl (C=O) groups is 1. The number of hydrogen-bond acceptors (Lipinski definition) is 4. The maximum absolute atomic E-state index is 13.8. The van der Waals surface area contributed by atoms with Crippen molar-refractivity contribution < 1.29 is 9.18 Å². The van der Waals surface area contributed by atoms with Crippen molar-refractivity contribution in [2.75, 3.05) is 9.62 Å². The summed E-state index contributed by atoms with van der Waals surface area (Å²) >= 11 is 1.61. The SMILES string of the molecule is CC.C[C@@H](CC(=O)N(Cc1nccn1C)c1ccc2c(c1)C(SNc1cccc(F)c1)CCC2)c1ccccc1. The molecule has 1 aromatic heterocycles. The van der Waals surface area contributed by atoms with Gasteiger partial charge in [0.05, 0.1) is 6.54 Å². The van der Waals surface area contributed by atoms with Crippen LogP contribution in [-0.2, 0) is 24.8 Å². The lowest BCUT2D eigenvalue weighted by Gasteiger charge is -2.29. The molecule has 2 atom stereocenters. The molecule has 1 unspecified atom stereocenters. The van der Waals surface area contributed by atoms with Crippen molar-refractivity contribution in [3.63, 3.8) is 0 Å². The van der Waals surface area contributed by atoms with Gasteiger partial charge in [-0.05, 0) is 84.2 Å². The molecule has 5 nitrogen and oxygen atoms in total. The van der Waals surface area contributed by atoms with E-state index in [0.717, 1.165) is 42.0 Å². The van der Waals surface area contributed by atoms with Crippen molar-refractivity contribution in [1.29, 1.82) is 0 Å². The highest BCUT2D eigenvalue weighted by molar-refractivity contribution is 8.00. The van der Waals surface area contributed by atoms with Crippen LogP contribution in [0.25, 0.3) is 0 Å². The topological polar surface area (TPSA) is 50.2 Å². The average Bonchev–Trinajstić information content (AvgIpc) is 3.40. The molecule has 210 valence electrons. The molecule has 5 rings (SSSR count). The van der Waals surface area contributed by atoms with Crippen molar-refractivity contribution in [2.45, 2.75) is 64.2 Å². The van der Waals surface area contributed by atoms with Crippen LogP contribution < -0.4 is 9.62 Å². The molecule has 0 saturated heterocycles. The lowest BCUT2D eigenvalue weighted by atomic mass is 9.90. The lowest BCUT2D eigenvalue weighted by Crippen LogP contribution is -2.32. The van der Waals surface area contributed by atoms with Gasteiger partial charge in [-0.2, -0.15) is 0 Å². The second-order valence-corrected chi connectivity index (χ2v) is 11.0. The van der Waals surface area contributed by atoms with Gasteiger partial charge in [-0.1, -0.05) is 63.2 Å². The molecule has 1 aliphatic carbocycles. The number of hydrogen-bond donors (Lipinski definition) is 1. The van der Waals surface area contributed by atoms with E-state index in [2.05, 4.69) is 47.0 Å². The Morgan fingerprint density at radius 2 is 1.93 bits per heavy atom. The zero-order valence-electron chi connectivity index (χ0n) is 23.8. The Kier molecular flexibility index (Phi) is 10.4. The number of halogens is 1. The number of benzene rings is 3. The van der Waals surface area contributed by atoms with Crippen LogP contribution in [0.4, 0.5) is 15.8 Å². The van der Waals surface area contributed by atoms with Gasteiger partial charge in [0.2, 0.25) is 5.91 Å². The third kappa shape index (κ3) is 7.33. The summed E-state index contributed by atoms with van der Waals surface area (Å²) in [5, 5.41) is 0.204. The van der Waals surface area contributed by atoms with Crippen LogP contribution in [0.15, 0.2) is 85.2 Å². The highest BCUT2D eigenvalue weighted by atomic mass is 32.2. The number of aromatic nitrogens is 2. The van der Waals surface area contributed by atoms with E-state index >= 15 is 0 Å². The lowest BCUT2D eigenvalue weighted by molar-refractivity contribution is -0.119. The van der Waals surface area contributed by atoms with Crippen LogP contribution in [0.3, 0.4) is 0 Å². The zero-order valence-corrected chi connectivity index (χ0v) is 24.6. The fourth-order valence-electron chi connectivity index (χ4n) is 5.01. The van der Waals surface area contributed by atoms with Gasteiger partial charge in [-0.3, -0.25) is 4.79 Å². The van der Waals surface area contributed by atoms with E-state index in [9.17, 15) is 9.18 Å². The highest BCUT2D eigenvalue weighted by Crippen LogP contribution is 2.42. The summed E-state index contributed by atoms with van der Waals surface area (Å²) in [5.41, 5.74) is 5.33. The molecule has 0 fully saturated rings. The summed E-state index contributed by atoms with van der Waals surface area (Å²) in [6, 6.07) is 23.1. The van der Waals surface area contributed by atoms with Crippen LogP contribution in [-0.4, -0.2) is 15.5 Å². The highest BCUT2D eigenvalue weighted by Gasteiger charge is 2.26. The summed E-state index contributed by atoms with van der Waals surface area (Å²) in [6.45, 7) is 6.51. The number of carbonyl (C=O) groups excluding carboxylic acids is 1. The number of nitrogens with zero attached hydrogens (tertiary/aromatic N) is 3. The number of fused-ring (bicyclic) bond motifs is 1. The maximum Gasteiger partial charge on any atom is 0.228 e. The molecule has 0 bridgehead atoms. The first kappa shape index (κ1) is 29.4. The number of imidazole rings is 1. The van der Waals surface area contributed by atoms with Crippen molar-refractivity contribution in [3.8, 4) is 0 Å². The van der Waals surface area contributed by atoms with E-state index in [-0.39, 0.29) is 22.9 Å². The molecule has 0 radical (unpaired) electrons. The summed E-state index contributed by atoms with van der Waals surface area (Å²) in [7, 11) is 1.95. The molecule has 1 amide bonds. The third-order valence-corrected chi connectivity index (χ3v) is 8.34. The first-order chi connectivity index (χ1) is 19.5. The van der Waals surface area contributed by atoms with Crippen LogP contribution in [0.1, 0.15) is 73.7 Å². The second kappa shape index (κ2) is 14.2. The molecule has 1 aliphatic rings. The Balaban J connectivity index is 0.00000181. The number of anilines is 2. The van der Waals surface area contributed by atoms with E-state index in [1.54, 1.807) is 24.2 Å². The van der Waals surface area contributed by atoms with E-state index in [0.29, 0.717) is 13.0 Å². The number of aryl methyl sites for hydroxylation is 2. The van der Waals surface area contributed by atoms with Crippen molar-refractivity contribution in [1.82, 2.24) is 9.55 Å². The molecule has 1 heterocycles. The van der Waals surface area contributed by atoms with Crippen LogP contribution >= 0.6 is 11.9 Å². The minimum atomic E-state index is -0.255. The van der Waals surface area contributed by atoms with Crippen LogP contribution in [0.5, 0.6) is 0 Å². The monoisotopic (exact) mass is 558 g/mol. The summed E-state index contributed by atoms with van der Waals surface area (Å²) in [4.78, 5) is 20.2. The molecular weight excluding hydrogens is 519 g/mol. The van der Waals surface area contributed by atoms with Gasteiger partial charge in [-0.25, -0.2) is 9.37 Å². The smallest absolute Gasteiger partial charge is 0.228 e. The van der Waals surface area contributed by atoms with Gasteiger partial charge in [0.15, 0.2) is 0 Å². The van der Waals surface area contributed by atoms with Crippen LogP contribution in [0, 0.1) is 5.82 Å². The Hall–Kier alpha value is -3.58. The van der Waals surface area contributed by atoms with Gasteiger partial charge >= 0.3 is 0 Å². The Morgan fingerprint density at radius 3 is 2.65 bits per heavy atom. The molecule has 4 aromatic rings. The standard InChI is InChI=1S/C31H33FN4OS.C2H6/c1-22(23-8-4-3-5-9-23)18-31(37)36(21-30-33-16-17-35(30)2)27-15-14-24-10-6-13-29(28(24)20-27)38-34-26-12-7-11-25(32)19-26;1-2/h3-5,7-9,11-12,14-17,19-20,22,29,34H,6,10,13,18,21H2,1-2H3;1-2H3/t22-,29?;/m0./s1. The van der Waals surface area contributed by atoms with Gasteiger partial charge in [0, 0.05) is 42.5 Å². The van der Waals surface area contributed by atoms with E-state index in [4.69, 9.17) is 0 Å². The average molecular weight is 559 g/mol. The van der Waals surface area contributed by atoms with Crippen molar-refractivity contribution in [3.05, 3.63) is 114 Å². The molecule has 0 aliphatic heterocycles. The molecule has 7 heteroatoms. The van der Waals surface area contributed by atoms with Crippen molar-refractivity contribution >= 4 is 29.2 Å². The Morgan fingerprint density at radius 1 is 1.12 bits per heavy atom. The quantitative estimate of drug-likeness (QED) is 0.209. The van der Waals surface area contributed by atoms with Crippen LogP contribution in [0.2, 0.25) is 0 Å². The van der Waals surface area contributed by atoms with Gasteiger partial charge < -0.3 is 14.2 Å². The first-order valence-electron chi connectivity index (χ1n) is 14.1. The molecule has 0 spiro atoms. The molecule has 3 aromatic carbocycles. The zero-order chi connectivity index (χ0) is 28.5. The van der Waals surface area contributed by atoms with Crippen molar-refractivity contribution in [2.24, 2.45) is 7.05 Å². The fraction of sp³-hybridized carbons (Fsp3) is 0.333. The molecule has 0 saturated carbocycles. The number of rotatable bonds is 9. The summed E-state index contributed by atoms with van der Waals surface area (Å²) in [6.07, 6.45) is 7.21. The maximum atomic E-state index is 13.8. The Bertz CT molecular complexity index is 1390. The number of amides is 1. The minimum Gasteiger partial charge on any atom is -0.337 e.